The maximum Gasteiger partial charge on any atom is 0.345 e. The molecule has 2 rings (SSSR count). The fourth-order valence-electron chi connectivity index (χ4n) is 2.37. The van der Waals surface area contributed by atoms with Gasteiger partial charge in [-0.15, -0.1) is 0 Å². The summed E-state index contributed by atoms with van der Waals surface area (Å²) in [5.41, 5.74) is 2.60. The number of carbonyl (C=O) groups is 2. The standard InChI is InChI=1S/C19H22N2O2/c1-12(2)16-10-15(11-17(13(3)4)18(16)22)21-19(23)20-14-8-6-5-7-9-14/h5-13H,1-4H3,(H,20,23). The smallest absolute Gasteiger partial charge is 0.306 e. The SMILES string of the molecule is CC(C)C1=CC(=NC(=O)Nc2ccccc2)C=C(C(C)C)C1=O. The lowest BCUT2D eigenvalue weighted by Gasteiger charge is -2.19. The molecule has 0 spiro atoms. The largest absolute Gasteiger partial charge is 0.345 e. The van der Waals surface area contributed by atoms with Crippen molar-refractivity contribution in [2.24, 2.45) is 16.8 Å². The minimum Gasteiger partial charge on any atom is -0.306 e. The summed E-state index contributed by atoms with van der Waals surface area (Å²) >= 11 is 0. The summed E-state index contributed by atoms with van der Waals surface area (Å²) in [7, 11) is 0. The number of urea groups is 1. The summed E-state index contributed by atoms with van der Waals surface area (Å²) in [4.78, 5) is 28.6. The molecule has 23 heavy (non-hydrogen) atoms. The van der Waals surface area contributed by atoms with Gasteiger partial charge in [-0.2, -0.15) is 4.99 Å². The molecule has 0 bridgehead atoms. The number of ketones is 1. The van der Waals surface area contributed by atoms with Crippen LogP contribution in [-0.4, -0.2) is 17.5 Å². The van der Waals surface area contributed by atoms with Crippen molar-refractivity contribution < 1.29 is 9.59 Å². The molecular formula is C19H22N2O2. The van der Waals surface area contributed by atoms with E-state index < -0.39 is 6.03 Å². The zero-order chi connectivity index (χ0) is 17.0. The minimum atomic E-state index is -0.445. The summed E-state index contributed by atoms with van der Waals surface area (Å²) in [5.74, 6) is 0.233. The predicted molar refractivity (Wildman–Crippen MR) is 93.7 cm³/mol. The van der Waals surface area contributed by atoms with E-state index in [-0.39, 0.29) is 17.6 Å². The summed E-state index contributed by atoms with van der Waals surface area (Å²) in [6.07, 6.45) is 3.42. The van der Waals surface area contributed by atoms with Gasteiger partial charge in [-0.05, 0) is 36.1 Å². The lowest BCUT2D eigenvalue weighted by molar-refractivity contribution is -0.113. The molecule has 1 aromatic rings. The molecular weight excluding hydrogens is 288 g/mol. The number of benzene rings is 1. The molecule has 0 fully saturated rings. The number of allylic oxidation sites excluding steroid dienone is 4. The van der Waals surface area contributed by atoms with Crippen LogP contribution in [-0.2, 0) is 4.79 Å². The van der Waals surface area contributed by atoms with Gasteiger partial charge in [0.1, 0.15) is 0 Å². The Kier molecular flexibility index (Phi) is 5.27. The van der Waals surface area contributed by atoms with E-state index >= 15 is 0 Å². The second kappa shape index (κ2) is 7.18. The predicted octanol–water partition coefficient (Wildman–Crippen LogP) is 4.41. The number of hydrogen-bond donors (Lipinski definition) is 1. The van der Waals surface area contributed by atoms with Gasteiger partial charge in [0.05, 0.1) is 5.71 Å². The van der Waals surface area contributed by atoms with Crippen LogP contribution in [0.15, 0.2) is 58.6 Å². The highest BCUT2D eigenvalue weighted by Crippen LogP contribution is 2.25. The van der Waals surface area contributed by atoms with E-state index in [1.54, 1.807) is 24.3 Å². The molecule has 0 saturated carbocycles. The summed E-state index contributed by atoms with van der Waals surface area (Å²) in [5, 5.41) is 2.72. The van der Waals surface area contributed by atoms with Crippen LogP contribution in [0.1, 0.15) is 27.7 Å². The van der Waals surface area contributed by atoms with E-state index in [9.17, 15) is 9.59 Å². The Morgan fingerprint density at radius 1 is 0.957 bits per heavy atom. The van der Waals surface area contributed by atoms with E-state index in [2.05, 4.69) is 10.3 Å². The van der Waals surface area contributed by atoms with E-state index in [1.165, 1.54) is 0 Å². The molecule has 0 unspecified atom stereocenters. The van der Waals surface area contributed by atoms with Gasteiger partial charge in [0.2, 0.25) is 0 Å². The number of amides is 2. The van der Waals surface area contributed by atoms with E-state index in [0.29, 0.717) is 22.5 Å². The van der Waals surface area contributed by atoms with Crippen molar-refractivity contribution >= 4 is 23.2 Å². The average molecular weight is 310 g/mol. The second-order valence-corrected chi connectivity index (χ2v) is 6.17. The number of para-hydroxylation sites is 1. The highest BCUT2D eigenvalue weighted by Gasteiger charge is 2.24. The molecule has 0 radical (unpaired) electrons. The van der Waals surface area contributed by atoms with Gasteiger partial charge in [0.15, 0.2) is 5.78 Å². The number of nitrogens with zero attached hydrogens (tertiary/aromatic N) is 1. The first-order chi connectivity index (χ1) is 10.9. The van der Waals surface area contributed by atoms with Crippen molar-refractivity contribution in [3.05, 3.63) is 53.6 Å². The average Bonchev–Trinajstić information content (AvgIpc) is 2.49. The maximum absolute atomic E-state index is 12.4. The minimum absolute atomic E-state index is 0.0532. The van der Waals surface area contributed by atoms with E-state index in [1.807, 2.05) is 45.9 Å². The van der Waals surface area contributed by atoms with Gasteiger partial charge in [0.25, 0.3) is 0 Å². The Labute approximate surface area is 137 Å². The third kappa shape index (κ3) is 4.25. The number of rotatable bonds is 3. The van der Waals surface area contributed by atoms with Crippen molar-refractivity contribution in [2.45, 2.75) is 27.7 Å². The first-order valence-corrected chi connectivity index (χ1v) is 7.81. The van der Waals surface area contributed by atoms with Crippen LogP contribution in [0.25, 0.3) is 0 Å². The Balaban J connectivity index is 2.28. The number of hydrogen-bond acceptors (Lipinski definition) is 2. The summed E-state index contributed by atoms with van der Waals surface area (Å²) in [6, 6.07) is 8.72. The van der Waals surface area contributed by atoms with Gasteiger partial charge in [-0.25, -0.2) is 4.79 Å². The summed E-state index contributed by atoms with van der Waals surface area (Å²) < 4.78 is 0. The molecule has 120 valence electrons. The fraction of sp³-hybridized carbons (Fsp3) is 0.316. The highest BCUT2D eigenvalue weighted by atomic mass is 16.2. The quantitative estimate of drug-likeness (QED) is 0.841. The molecule has 0 atom stereocenters. The van der Waals surface area contributed by atoms with E-state index in [0.717, 1.165) is 0 Å². The van der Waals surface area contributed by atoms with Gasteiger partial charge >= 0.3 is 6.03 Å². The molecule has 2 amide bonds. The van der Waals surface area contributed by atoms with Gasteiger partial charge in [-0.1, -0.05) is 45.9 Å². The molecule has 1 aromatic carbocycles. The third-order valence-corrected chi connectivity index (χ3v) is 3.63. The number of Topliss-reactive ketones (excluding diaryl/α,β-unsaturated/α-hetero) is 1. The molecule has 1 N–H and O–H groups in total. The Bertz CT molecular complexity index is 665. The van der Waals surface area contributed by atoms with Crippen LogP contribution >= 0.6 is 0 Å². The molecule has 1 aliphatic rings. The van der Waals surface area contributed by atoms with Crippen LogP contribution in [0.2, 0.25) is 0 Å². The summed E-state index contributed by atoms with van der Waals surface area (Å²) in [6.45, 7) is 7.87. The number of carbonyl (C=O) groups excluding carboxylic acids is 2. The van der Waals surface area contributed by atoms with Gasteiger partial charge < -0.3 is 5.32 Å². The number of nitrogens with one attached hydrogen (secondary N) is 1. The zero-order valence-electron chi connectivity index (χ0n) is 14.0. The van der Waals surface area contributed by atoms with E-state index in [4.69, 9.17) is 0 Å². The van der Waals surface area contributed by atoms with Crippen LogP contribution in [0, 0.1) is 11.8 Å². The maximum atomic E-state index is 12.4. The number of aliphatic imine (C=N–C) groups is 1. The highest BCUT2D eigenvalue weighted by molar-refractivity contribution is 6.24. The molecule has 0 saturated heterocycles. The molecule has 4 nitrogen and oxygen atoms in total. The molecule has 0 heterocycles. The van der Waals surface area contributed by atoms with Crippen LogP contribution < -0.4 is 5.32 Å². The molecule has 1 aliphatic carbocycles. The topological polar surface area (TPSA) is 58.5 Å². The molecule has 4 heteroatoms. The number of anilines is 1. The lowest BCUT2D eigenvalue weighted by atomic mass is 9.84. The van der Waals surface area contributed by atoms with Gasteiger partial charge in [-0.3, -0.25) is 4.79 Å². The van der Waals surface area contributed by atoms with Crippen molar-refractivity contribution in [1.29, 1.82) is 0 Å². The van der Waals surface area contributed by atoms with Crippen molar-refractivity contribution in [1.82, 2.24) is 0 Å². The monoisotopic (exact) mass is 310 g/mol. The third-order valence-electron chi connectivity index (χ3n) is 3.63. The first-order valence-electron chi connectivity index (χ1n) is 7.81. The van der Waals surface area contributed by atoms with Crippen LogP contribution in [0.5, 0.6) is 0 Å². The van der Waals surface area contributed by atoms with Crippen molar-refractivity contribution in [2.75, 3.05) is 5.32 Å². The fourth-order valence-corrected chi connectivity index (χ4v) is 2.37. The molecule has 0 aromatic heterocycles. The molecule has 0 aliphatic heterocycles. The zero-order valence-corrected chi connectivity index (χ0v) is 14.0. The second-order valence-electron chi connectivity index (χ2n) is 6.17. The van der Waals surface area contributed by atoms with Crippen molar-refractivity contribution in [3.8, 4) is 0 Å². The Morgan fingerprint density at radius 3 is 1.96 bits per heavy atom. The Morgan fingerprint density at radius 2 is 1.48 bits per heavy atom. The Hall–Kier alpha value is -2.49. The first kappa shape index (κ1) is 16.9. The lowest BCUT2D eigenvalue weighted by Crippen LogP contribution is -2.21. The van der Waals surface area contributed by atoms with Crippen molar-refractivity contribution in [3.63, 3.8) is 0 Å². The van der Waals surface area contributed by atoms with Crippen LogP contribution in [0.4, 0.5) is 10.5 Å². The van der Waals surface area contributed by atoms with Crippen LogP contribution in [0.3, 0.4) is 0 Å². The van der Waals surface area contributed by atoms with Gasteiger partial charge in [0, 0.05) is 16.8 Å². The normalized spacial score (nSPS) is 14.7.